The fourth-order valence-electron chi connectivity index (χ4n) is 0. The predicted molar refractivity (Wildman–Crippen MR) is 41.4 cm³/mol. The van der Waals surface area contributed by atoms with E-state index in [0.29, 0.717) is 0 Å². The van der Waals surface area contributed by atoms with Crippen molar-refractivity contribution in [1.82, 2.24) is 0 Å². The van der Waals surface area contributed by atoms with Gasteiger partial charge in [0.1, 0.15) is 0 Å². The van der Waals surface area contributed by atoms with E-state index in [2.05, 4.69) is 20.3 Å². The van der Waals surface area contributed by atoms with Crippen LogP contribution in [-0.2, 0) is 0 Å². The predicted octanol–water partition coefficient (Wildman–Crippen LogP) is 2.22. The number of rotatable bonds is 1. The second-order valence-electron chi connectivity index (χ2n) is 1.41. The Morgan fingerprint density at radius 2 is 1.57 bits per heavy atom. The molecule has 0 atom stereocenters. The Bertz CT molecular complexity index is 27.7. The van der Waals surface area contributed by atoms with Gasteiger partial charge in [-0.2, -0.15) is 0 Å². The maximum absolute atomic E-state index is 3.36. The molecule has 0 heterocycles. The first-order valence-corrected chi connectivity index (χ1v) is 2.90. The van der Waals surface area contributed by atoms with E-state index in [4.69, 9.17) is 0 Å². The average molecular weight is 101 g/mol. The molecule has 0 unspecified atom stereocenters. The summed E-state index contributed by atoms with van der Waals surface area (Å²) in [7, 11) is 0. The van der Waals surface area contributed by atoms with Crippen LogP contribution in [0.1, 0.15) is 28.1 Å². The van der Waals surface area contributed by atoms with E-state index in [9.17, 15) is 0 Å². The zero-order valence-electron chi connectivity index (χ0n) is 5.70. The molecule has 0 fully saturated rings. The van der Waals surface area contributed by atoms with Gasteiger partial charge in [0.05, 0.1) is 0 Å². The van der Waals surface area contributed by atoms with Crippen LogP contribution in [-0.4, -0.2) is 13.4 Å². The molecule has 0 aromatic carbocycles. The molecular formula is C6H17B. The van der Waals surface area contributed by atoms with Crippen molar-refractivity contribution in [3.05, 3.63) is 0 Å². The molecule has 0 bridgehead atoms. The van der Waals surface area contributed by atoms with Gasteiger partial charge < -0.3 is 0 Å². The first-order valence-electron chi connectivity index (χ1n) is 2.90. The Morgan fingerprint density at radius 1 is 1.43 bits per heavy atom. The van der Waals surface area contributed by atoms with E-state index in [-0.39, 0.29) is 1.43 Å². The van der Waals surface area contributed by atoms with Crippen molar-refractivity contribution in [2.45, 2.75) is 33.5 Å². The van der Waals surface area contributed by atoms with Gasteiger partial charge in [-0.3, -0.25) is 0 Å². The fraction of sp³-hybridized carbons (Fsp3) is 0.833. The number of hydrogen-bond donors (Lipinski definition) is 0. The molecule has 0 radical (unpaired) electrons. The standard InChI is InChI=1S/C4H10.C2H5B.H2/c1-3-4-2;1-3-2;/h3-4H2,1-2H3;1H2,2H3;1H/i;;1+1. The molecule has 0 nitrogen and oxygen atoms in total. The van der Waals surface area contributed by atoms with Gasteiger partial charge in [0.2, 0.25) is 0 Å². The summed E-state index contributed by atoms with van der Waals surface area (Å²) in [6, 6.07) is 0. The van der Waals surface area contributed by atoms with Crippen molar-refractivity contribution in [2.24, 2.45) is 0 Å². The minimum atomic E-state index is 0. The molecule has 0 aliphatic carbocycles. The van der Waals surface area contributed by atoms with Gasteiger partial charge in [-0.15, -0.1) is 0 Å². The molecule has 0 aromatic heterocycles. The third-order valence-corrected chi connectivity index (χ3v) is 0.500. The molecule has 0 N–H and O–H groups in total. The normalized spacial score (nSPS) is 5.57. The minimum absolute atomic E-state index is 0. The summed E-state index contributed by atoms with van der Waals surface area (Å²) in [5.41, 5.74) is 0. The zero-order chi connectivity index (χ0) is 6.12. The molecule has 0 saturated heterocycles. The molecule has 0 rings (SSSR count). The molecule has 0 aliphatic heterocycles. The van der Waals surface area contributed by atoms with E-state index >= 15 is 0 Å². The minimum Gasteiger partial charge on any atom is -0.0654 e. The molecule has 0 saturated carbocycles. The zero-order valence-corrected chi connectivity index (χ0v) is 5.70. The second-order valence-corrected chi connectivity index (χ2v) is 1.41. The van der Waals surface area contributed by atoms with E-state index in [1.165, 1.54) is 12.8 Å². The van der Waals surface area contributed by atoms with E-state index < -0.39 is 0 Å². The molecule has 44 valence electrons. The van der Waals surface area contributed by atoms with E-state index in [1.807, 2.05) is 6.82 Å². The van der Waals surface area contributed by atoms with Crippen molar-refractivity contribution >= 4 is 13.4 Å². The van der Waals surface area contributed by atoms with Crippen LogP contribution in [0.5, 0.6) is 0 Å². The second kappa shape index (κ2) is 16.8. The first-order chi connectivity index (χ1) is 3.33. The smallest absolute Gasteiger partial charge is 0 e. The van der Waals surface area contributed by atoms with Crippen molar-refractivity contribution in [3.63, 3.8) is 0 Å². The number of hydrogen-bond acceptors (Lipinski definition) is 0. The van der Waals surface area contributed by atoms with Crippen LogP contribution in [0.15, 0.2) is 0 Å². The Kier molecular flexibility index (Phi) is 24.0. The van der Waals surface area contributed by atoms with Crippen LogP contribution < -0.4 is 0 Å². The van der Waals surface area contributed by atoms with Crippen molar-refractivity contribution in [1.29, 1.82) is 0 Å². The van der Waals surface area contributed by atoms with E-state index in [0.717, 1.165) is 0 Å². The summed E-state index contributed by atoms with van der Waals surface area (Å²) in [6.45, 7) is 11.4. The molecule has 1 heteroatoms. The van der Waals surface area contributed by atoms with Gasteiger partial charge >= 0.3 is 20.2 Å². The van der Waals surface area contributed by atoms with Crippen LogP contribution in [0.2, 0.25) is 6.82 Å². The molecule has 0 amide bonds. The molecule has 0 spiro atoms. The summed E-state index contributed by atoms with van der Waals surface area (Å²) in [5, 5.41) is 0. The fourth-order valence-corrected chi connectivity index (χ4v) is 0. The first kappa shape index (κ1) is 10.0. The maximum Gasteiger partial charge on any atom is 0 e. The summed E-state index contributed by atoms with van der Waals surface area (Å²) in [5.74, 6) is 0. The molecule has 0 aliphatic rings. The summed E-state index contributed by atoms with van der Waals surface area (Å²) >= 11 is 0. The maximum atomic E-state index is 3.36. The third-order valence-electron chi connectivity index (χ3n) is 0.500. The van der Waals surface area contributed by atoms with E-state index in [1.54, 1.807) is 6.92 Å². The van der Waals surface area contributed by atoms with Gasteiger partial charge in [-0.1, -0.05) is 26.7 Å². The van der Waals surface area contributed by atoms with Crippen LogP contribution >= 0.6 is 0 Å². The average Bonchev–Trinajstić information content (AvgIpc) is 1.69. The van der Waals surface area contributed by atoms with Crippen LogP contribution in [0.3, 0.4) is 0 Å². The molecule has 0 aromatic rings. The quantitative estimate of drug-likeness (QED) is 0.444. The Morgan fingerprint density at radius 3 is 1.57 bits per heavy atom. The Labute approximate surface area is 49.3 Å². The van der Waals surface area contributed by atoms with Gasteiger partial charge in [0.15, 0.2) is 0 Å². The summed E-state index contributed by atoms with van der Waals surface area (Å²) in [6.07, 6.45) is 2.64. The SMILES string of the molecule is C=BC.CCCC.[2HH]. The molecule has 7 heavy (non-hydrogen) atoms. The van der Waals surface area contributed by atoms with Gasteiger partial charge in [-0.25, -0.2) is 0 Å². The Hall–Kier alpha value is -0.0651. The third kappa shape index (κ3) is 105. The van der Waals surface area contributed by atoms with Gasteiger partial charge in [-0.05, 0) is 0 Å². The monoisotopic (exact) mass is 101 g/mol. The van der Waals surface area contributed by atoms with Crippen LogP contribution in [0.4, 0.5) is 0 Å². The van der Waals surface area contributed by atoms with Crippen LogP contribution in [0, 0.1) is 0 Å². The Balaban J connectivity index is -0.0000000575. The molecular weight excluding hydrogens is 82.9 g/mol. The van der Waals surface area contributed by atoms with Crippen molar-refractivity contribution in [2.75, 3.05) is 0 Å². The van der Waals surface area contributed by atoms with Gasteiger partial charge in [0, 0.05) is 1.43 Å². The topological polar surface area (TPSA) is 0 Å². The summed E-state index contributed by atoms with van der Waals surface area (Å²) < 4.78 is 0. The van der Waals surface area contributed by atoms with Crippen LogP contribution in [0.25, 0.3) is 0 Å². The van der Waals surface area contributed by atoms with Crippen molar-refractivity contribution < 1.29 is 1.43 Å². The van der Waals surface area contributed by atoms with Gasteiger partial charge in [0.25, 0.3) is 0 Å². The number of unbranched alkanes of at least 4 members (excludes halogenated alkanes) is 1. The largest absolute Gasteiger partial charge is 0.0654 e. The summed E-state index contributed by atoms with van der Waals surface area (Å²) in [4.78, 5) is 0. The van der Waals surface area contributed by atoms with Crippen molar-refractivity contribution in [3.8, 4) is 0 Å².